The summed E-state index contributed by atoms with van der Waals surface area (Å²) < 4.78 is 18.9. The van der Waals surface area contributed by atoms with Gasteiger partial charge in [-0.05, 0) is 33.0 Å². The van der Waals surface area contributed by atoms with E-state index in [0.717, 1.165) is 11.8 Å². The Kier molecular flexibility index (Phi) is 9.03. The molecule has 0 aromatic carbocycles. The number of nitrogens with zero attached hydrogens (tertiary/aromatic N) is 2. The van der Waals surface area contributed by atoms with E-state index in [1.54, 1.807) is 39.6 Å². The minimum absolute atomic E-state index is 0.00642. The number of aromatic nitrogens is 1. The first kappa shape index (κ1) is 24.4. The number of amides is 1. The molecule has 0 bridgehead atoms. The van der Waals surface area contributed by atoms with Crippen LogP contribution >= 0.6 is 11.8 Å². The van der Waals surface area contributed by atoms with E-state index >= 15 is 0 Å². The number of nitrogens with two attached hydrogens (primary N) is 1. The van der Waals surface area contributed by atoms with Gasteiger partial charge in [-0.3, -0.25) is 10.1 Å². The molecule has 1 fully saturated rings. The first-order chi connectivity index (χ1) is 14.8. The summed E-state index contributed by atoms with van der Waals surface area (Å²) >= 11 is 1.14. The summed E-state index contributed by atoms with van der Waals surface area (Å²) in [6, 6.07) is 2.80. The van der Waals surface area contributed by atoms with Crippen molar-refractivity contribution in [1.82, 2.24) is 26.3 Å². The number of carbonyl (C=O) groups is 1. The fraction of sp³-hybridized carbons (Fsp3) is 0.350. The number of epoxide rings is 1. The second-order valence-corrected chi connectivity index (χ2v) is 7.41. The minimum atomic E-state index is -0.398. The van der Waals surface area contributed by atoms with E-state index in [0.29, 0.717) is 27.9 Å². The molecule has 11 heteroatoms. The van der Waals surface area contributed by atoms with Crippen molar-refractivity contribution in [2.24, 2.45) is 10.7 Å². The molecule has 1 saturated heterocycles. The molecular formula is C20H28FN7O2S. The minimum Gasteiger partial charge on any atom is -0.397 e. The maximum absolute atomic E-state index is 13.3. The normalized spacial score (nSPS) is 19.1. The molecule has 0 spiro atoms. The predicted molar refractivity (Wildman–Crippen MR) is 122 cm³/mol. The Morgan fingerprint density at radius 2 is 2.19 bits per heavy atom. The van der Waals surface area contributed by atoms with Gasteiger partial charge in [0, 0.05) is 18.7 Å². The lowest BCUT2D eigenvalue weighted by Gasteiger charge is -2.13. The number of hydrogen-bond donors (Lipinski definition) is 5. The third-order valence-corrected chi connectivity index (χ3v) is 4.93. The summed E-state index contributed by atoms with van der Waals surface area (Å²) in [6.07, 6.45) is 1.29. The van der Waals surface area contributed by atoms with Crippen molar-refractivity contribution >= 4 is 29.6 Å². The fourth-order valence-corrected chi connectivity index (χ4v) is 3.14. The lowest BCUT2D eigenvalue weighted by atomic mass is 10.2. The van der Waals surface area contributed by atoms with Gasteiger partial charge < -0.3 is 26.4 Å². The van der Waals surface area contributed by atoms with E-state index in [1.807, 2.05) is 0 Å². The van der Waals surface area contributed by atoms with Crippen molar-refractivity contribution in [3.05, 3.63) is 57.9 Å². The Labute approximate surface area is 185 Å². The summed E-state index contributed by atoms with van der Waals surface area (Å²) in [4.78, 5) is 20.7. The van der Waals surface area contributed by atoms with E-state index in [-0.39, 0.29) is 30.5 Å². The van der Waals surface area contributed by atoms with Gasteiger partial charge in [0.15, 0.2) is 0 Å². The molecule has 168 valence electrons. The number of carbonyl (C=O) groups excluding carboxylic acids is 1. The molecule has 2 unspecified atom stereocenters. The van der Waals surface area contributed by atoms with Crippen LogP contribution in [0.4, 0.5) is 4.39 Å². The Morgan fingerprint density at radius 1 is 1.45 bits per heavy atom. The maximum atomic E-state index is 13.3. The number of aryl methyl sites for hydroxylation is 1. The van der Waals surface area contributed by atoms with Crippen molar-refractivity contribution in [2.45, 2.75) is 26.2 Å². The summed E-state index contributed by atoms with van der Waals surface area (Å²) in [5, 5.41) is 13.8. The quantitative estimate of drug-likeness (QED) is 0.251. The van der Waals surface area contributed by atoms with E-state index in [4.69, 9.17) is 10.5 Å². The lowest BCUT2D eigenvalue weighted by molar-refractivity contribution is -0.119. The molecule has 1 aromatic rings. The number of hydrogen-bond acceptors (Lipinski definition) is 9. The molecule has 1 aliphatic rings. The summed E-state index contributed by atoms with van der Waals surface area (Å²) in [7, 11) is 3.54. The van der Waals surface area contributed by atoms with Gasteiger partial charge in [0.1, 0.15) is 24.0 Å². The standard InChI is InChI=1S/C20H28FN7O2S/c1-6-25-19(23-4)17(18-20(24-5)30-18)26-9-16(29)28-12(3)31-10-14(22)15-8-7-13(21)11(2)27-15/h6-8,10,18,20,23-24,26H,3,9,22H2,1-2,4-5H3,(H,28,29)/b14-10-,19-17-,25-6-. The number of ether oxygens (including phenoxy) is 1. The highest BCUT2D eigenvalue weighted by molar-refractivity contribution is 8.05. The number of thioether (sulfide) groups is 1. The number of pyridine rings is 1. The second-order valence-electron chi connectivity index (χ2n) is 6.45. The van der Waals surface area contributed by atoms with E-state index < -0.39 is 5.82 Å². The van der Waals surface area contributed by atoms with Gasteiger partial charge in [-0.25, -0.2) is 14.4 Å². The topological polar surface area (TPSA) is 129 Å². The Balaban J connectivity index is 1.92. The summed E-state index contributed by atoms with van der Waals surface area (Å²) in [6.45, 7) is 7.17. The zero-order valence-electron chi connectivity index (χ0n) is 18.0. The van der Waals surface area contributed by atoms with Gasteiger partial charge in [0.25, 0.3) is 0 Å². The first-order valence-electron chi connectivity index (χ1n) is 9.52. The van der Waals surface area contributed by atoms with Gasteiger partial charge in [-0.15, -0.1) is 0 Å². The van der Waals surface area contributed by atoms with Crippen LogP contribution in [0.15, 0.2) is 45.7 Å². The molecule has 1 amide bonds. The monoisotopic (exact) mass is 449 g/mol. The molecule has 2 atom stereocenters. The highest BCUT2D eigenvalue weighted by Crippen LogP contribution is 2.27. The molecule has 6 N–H and O–H groups in total. The summed E-state index contributed by atoms with van der Waals surface area (Å²) in [5.41, 5.74) is 7.70. The van der Waals surface area contributed by atoms with Crippen LogP contribution < -0.4 is 27.0 Å². The van der Waals surface area contributed by atoms with Crippen LogP contribution in [-0.4, -0.2) is 50.1 Å². The van der Waals surface area contributed by atoms with E-state index in [2.05, 4.69) is 37.8 Å². The van der Waals surface area contributed by atoms with Gasteiger partial charge in [-0.1, -0.05) is 18.3 Å². The maximum Gasteiger partial charge on any atom is 0.244 e. The van der Waals surface area contributed by atoms with Gasteiger partial charge in [-0.2, -0.15) is 0 Å². The van der Waals surface area contributed by atoms with Crippen LogP contribution in [0.3, 0.4) is 0 Å². The zero-order valence-corrected chi connectivity index (χ0v) is 18.8. The molecule has 31 heavy (non-hydrogen) atoms. The van der Waals surface area contributed by atoms with Crippen LogP contribution in [-0.2, 0) is 9.53 Å². The predicted octanol–water partition coefficient (Wildman–Crippen LogP) is 1.12. The highest BCUT2D eigenvalue weighted by atomic mass is 32.2. The lowest BCUT2D eigenvalue weighted by Crippen LogP contribution is -2.35. The molecule has 2 rings (SSSR count). The fourth-order valence-electron chi connectivity index (χ4n) is 2.57. The van der Waals surface area contributed by atoms with Gasteiger partial charge in [0.05, 0.1) is 34.4 Å². The van der Waals surface area contributed by atoms with Crippen molar-refractivity contribution in [2.75, 3.05) is 20.6 Å². The number of aliphatic imine (C=N–C) groups is 1. The molecule has 9 nitrogen and oxygen atoms in total. The SMILES string of the molecule is C=C(NC(=O)CN/C(=C(\N=C/C)NC)C1OC1NC)S/C=C(\N)c1ccc(F)c(C)n1. The molecule has 2 heterocycles. The average molecular weight is 450 g/mol. The van der Waals surface area contributed by atoms with E-state index in [1.165, 1.54) is 12.1 Å². The molecule has 1 aromatic heterocycles. The largest absolute Gasteiger partial charge is 0.397 e. The Hall–Kier alpha value is -2.89. The Morgan fingerprint density at radius 3 is 2.77 bits per heavy atom. The zero-order chi connectivity index (χ0) is 23.0. The smallest absolute Gasteiger partial charge is 0.244 e. The van der Waals surface area contributed by atoms with Crippen LogP contribution in [0.2, 0.25) is 0 Å². The van der Waals surface area contributed by atoms with Crippen molar-refractivity contribution in [3.8, 4) is 0 Å². The third kappa shape index (κ3) is 7.09. The van der Waals surface area contributed by atoms with Crippen molar-refractivity contribution < 1.29 is 13.9 Å². The molecule has 0 radical (unpaired) electrons. The number of nitrogens with one attached hydrogen (secondary N) is 4. The number of halogens is 1. The molecular weight excluding hydrogens is 421 g/mol. The van der Waals surface area contributed by atoms with Gasteiger partial charge in [0.2, 0.25) is 5.91 Å². The van der Waals surface area contributed by atoms with Crippen molar-refractivity contribution in [1.29, 1.82) is 0 Å². The van der Waals surface area contributed by atoms with Crippen LogP contribution in [0.25, 0.3) is 5.70 Å². The average Bonchev–Trinajstić information content (AvgIpc) is 3.52. The number of rotatable bonds is 11. The second kappa shape index (κ2) is 11.5. The third-order valence-electron chi connectivity index (χ3n) is 4.17. The highest BCUT2D eigenvalue weighted by Gasteiger charge is 2.42. The van der Waals surface area contributed by atoms with E-state index in [9.17, 15) is 9.18 Å². The first-order valence-corrected chi connectivity index (χ1v) is 10.4. The number of likely N-dealkylation sites (N-methyl/N-ethyl adjacent to an activating group) is 1. The Bertz CT molecular complexity index is 917. The molecule has 0 saturated carbocycles. The van der Waals surface area contributed by atoms with Crippen LogP contribution in [0.5, 0.6) is 0 Å². The van der Waals surface area contributed by atoms with Crippen LogP contribution in [0, 0.1) is 12.7 Å². The van der Waals surface area contributed by atoms with Crippen LogP contribution in [0.1, 0.15) is 18.3 Å². The summed E-state index contributed by atoms with van der Waals surface area (Å²) in [5.74, 6) is -0.107. The molecule has 0 aliphatic carbocycles. The van der Waals surface area contributed by atoms with Crippen molar-refractivity contribution in [3.63, 3.8) is 0 Å². The molecule has 1 aliphatic heterocycles. The van der Waals surface area contributed by atoms with Gasteiger partial charge >= 0.3 is 0 Å².